The average Bonchev–Trinajstić information content (AvgIpc) is 3.13. The summed E-state index contributed by atoms with van der Waals surface area (Å²) >= 11 is 0.454. The molecule has 0 spiro atoms. The summed E-state index contributed by atoms with van der Waals surface area (Å²) in [6.45, 7) is 0.485. The SMILES string of the molecule is O=C1CN(C(=O)c2ccc(C(=O)C(F)(F)F)s2)CCN1Cc1ccc(F)cc1. The van der Waals surface area contributed by atoms with Gasteiger partial charge < -0.3 is 9.80 Å². The minimum absolute atomic E-state index is 0.0348. The molecule has 1 saturated heterocycles. The van der Waals surface area contributed by atoms with Crippen molar-refractivity contribution in [1.82, 2.24) is 9.80 Å². The van der Waals surface area contributed by atoms with E-state index in [-0.39, 0.29) is 42.8 Å². The van der Waals surface area contributed by atoms with E-state index < -0.39 is 22.7 Å². The number of thiophene rings is 1. The molecule has 28 heavy (non-hydrogen) atoms. The maximum absolute atomic E-state index is 13.0. The highest BCUT2D eigenvalue weighted by Crippen LogP contribution is 2.27. The van der Waals surface area contributed by atoms with Crippen molar-refractivity contribution in [3.63, 3.8) is 0 Å². The van der Waals surface area contributed by atoms with Crippen LogP contribution in [0.2, 0.25) is 0 Å². The zero-order chi connectivity index (χ0) is 20.5. The second kappa shape index (κ2) is 7.70. The molecule has 1 aliphatic rings. The Hall–Kier alpha value is -2.75. The molecule has 1 fully saturated rings. The smallest absolute Gasteiger partial charge is 0.335 e. The van der Waals surface area contributed by atoms with E-state index in [1.54, 1.807) is 12.1 Å². The Balaban J connectivity index is 1.63. The quantitative estimate of drug-likeness (QED) is 0.571. The standard InChI is InChI=1S/C18H14F4N2O3S/c19-12-3-1-11(2-4-12)9-23-7-8-24(10-15(23)25)17(27)14-6-5-13(28-14)16(26)18(20,21)22/h1-6H,7-10H2. The van der Waals surface area contributed by atoms with Gasteiger partial charge in [0.25, 0.3) is 11.7 Å². The first-order valence-corrected chi connectivity index (χ1v) is 8.99. The van der Waals surface area contributed by atoms with Crippen LogP contribution in [0.4, 0.5) is 17.6 Å². The predicted molar refractivity (Wildman–Crippen MR) is 92.4 cm³/mol. The van der Waals surface area contributed by atoms with Crippen molar-refractivity contribution >= 4 is 28.9 Å². The number of rotatable bonds is 4. The monoisotopic (exact) mass is 414 g/mol. The molecular formula is C18H14F4N2O3S. The molecule has 0 N–H and O–H groups in total. The van der Waals surface area contributed by atoms with Crippen LogP contribution in [0, 0.1) is 5.82 Å². The summed E-state index contributed by atoms with van der Waals surface area (Å²) in [5.41, 5.74) is 0.739. The van der Waals surface area contributed by atoms with Gasteiger partial charge in [-0.05, 0) is 29.8 Å². The van der Waals surface area contributed by atoms with Crippen LogP contribution in [0.5, 0.6) is 0 Å². The lowest BCUT2D eigenvalue weighted by Crippen LogP contribution is -2.51. The number of Topliss-reactive ketones (excluding diaryl/α,β-unsaturated/α-hetero) is 1. The highest BCUT2D eigenvalue weighted by atomic mass is 32.1. The minimum Gasteiger partial charge on any atom is -0.335 e. The number of carbonyl (C=O) groups excluding carboxylic acids is 3. The number of amides is 2. The summed E-state index contributed by atoms with van der Waals surface area (Å²) in [4.78, 5) is 38.2. The maximum Gasteiger partial charge on any atom is 0.455 e. The van der Waals surface area contributed by atoms with Crippen LogP contribution in [0.25, 0.3) is 0 Å². The molecule has 0 unspecified atom stereocenters. The third-order valence-electron chi connectivity index (χ3n) is 4.19. The summed E-state index contributed by atoms with van der Waals surface area (Å²) in [6, 6.07) is 7.81. The van der Waals surface area contributed by atoms with Crippen molar-refractivity contribution in [3.8, 4) is 0 Å². The maximum atomic E-state index is 13.0. The van der Waals surface area contributed by atoms with Crippen molar-refractivity contribution in [2.75, 3.05) is 19.6 Å². The van der Waals surface area contributed by atoms with Gasteiger partial charge in [0.1, 0.15) is 12.4 Å². The summed E-state index contributed by atoms with van der Waals surface area (Å²) in [6.07, 6.45) is -5.01. The van der Waals surface area contributed by atoms with Gasteiger partial charge in [-0.2, -0.15) is 13.2 Å². The van der Waals surface area contributed by atoms with E-state index in [1.807, 2.05) is 0 Å². The predicted octanol–water partition coefficient (Wildman–Crippen LogP) is 3.12. The topological polar surface area (TPSA) is 57.7 Å². The fourth-order valence-corrected chi connectivity index (χ4v) is 3.66. The fraction of sp³-hybridized carbons (Fsp3) is 0.278. The molecule has 0 aliphatic carbocycles. The van der Waals surface area contributed by atoms with E-state index in [1.165, 1.54) is 21.9 Å². The summed E-state index contributed by atoms with van der Waals surface area (Å²) < 4.78 is 50.4. The van der Waals surface area contributed by atoms with Crippen molar-refractivity contribution in [2.24, 2.45) is 0 Å². The van der Waals surface area contributed by atoms with Crippen LogP contribution in [0.15, 0.2) is 36.4 Å². The lowest BCUT2D eigenvalue weighted by molar-refractivity contribution is -0.135. The number of hydrogen-bond acceptors (Lipinski definition) is 4. The van der Waals surface area contributed by atoms with Crippen molar-refractivity contribution in [3.05, 3.63) is 57.5 Å². The van der Waals surface area contributed by atoms with E-state index in [4.69, 9.17) is 0 Å². The molecule has 1 aliphatic heterocycles. The zero-order valence-corrected chi connectivity index (χ0v) is 15.1. The number of halogens is 4. The van der Waals surface area contributed by atoms with Gasteiger partial charge in [-0.3, -0.25) is 14.4 Å². The molecule has 2 amide bonds. The number of alkyl halides is 3. The number of ketones is 1. The van der Waals surface area contributed by atoms with Gasteiger partial charge in [0.2, 0.25) is 5.91 Å². The Morgan fingerprint density at radius 2 is 1.64 bits per heavy atom. The van der Waals surface area contributed by atoms with Gasteiger partial charge in [0.15, 0.2) is 0 Å². The molecule has 5 nitrogen and oxygen atoms in total. The van der Waals surface area contributed by atoms with Crippen molar-refractivity contribution in [1.29, 1.82) is 0 Å². The molecule has 0 saturated carbocycles. The number of piperazine rings is 1. The van der Waals surface area contributed by atoms with Crippen LogP contribution < -0.4 is 0 Å². The highest BCUT2D eigenvalue weighted by Gasteiger charge is 2.40. The van der Waals surface area contributed by atoms with Gasteiger partial charge in [0.05, 0.1) is 9.75 Å². The van der Waals surface area contributed by atoms with Crippen molar-refractivity contribution < 1.29 is 31.9 Å². The Kier molecular flexibility index (Phi) is 5.50. The third kappa shape index (κ3) is 4.38. The Labute approximate surface area is 161 Å². The second-order valence-corrected chi connectivity index (χ2v) is 7.24. The van der Waals surface area contributed by atoms with Gasteiger partial charge in [-0.15, -0.1) is 11.3 Å². The average molecular weight is 414 g/mol. The number of benzene rings is 1. The lowest BCUT2D eigenvalue weighted by Gasteiger charge is -2.34. The Morgan fingerprint density at radius 3 is 2.25 bits per heavy atom. The van der Waals surface area contributed by atoms with Crippen LogP contribution in [-0.2, 0) is 11.3 Å². The second-order valence-electron chi connectivity index (χ2n) is 6.16. The third-order valence-corrected chi connectivity index (χ3v) is 5.26. The van der Waals surface area contributed by atoms with Crippen LogP contribution in [0.3, 0.4) is 0 Å². The summed E-state index contributed by atoms with van der Waals surface area (Å²) in [5, 5.41) is 0. The van der Waals surface area contributed by atoms with E-state index in [9.17, 15) is 31.9 Å². The first-order valence-electron chi connectivity index (χ1n) is 8.18. The molecule has 1 aromatic heterocycles. The summed E-state index contributed by atoms with van der Waals surface area (Å²) in [7, 11) is 0. The molecule has 2 heterocycles. The van der Waals surface area contributed by atoms with Gasteiger partial charge in [-0.1, -0.05) is 12.1 Å². The number of nitrogens with zero attached hydrogens (tertiary/aromatic N) is 2. The molecule has 10 heteroatoms. The molecule has 0 radical (unpaired) electrons. The molecular weight excluding hydrogens is 400 g/mol. The van der Waals surface area contributed by atoms with E-state index >= 15 is 0 Å². The first kappa shape index (κ1) is 20.0. The molecule has 0 bridgehead atoms. The lowest BCUT2D eigenvalue weighted by atomic mass is 10.2. The van der Waals surface area contributed by atoms with Gasteiger partial charge in [-0.25, -0.2) is 4.39 Å². The molecule has 1 aromatic carbocycles. The number of hydrogen-bond donors (Lipinski definition) is 0. The van der Waals surface area contributed by atoms with Crippen LogP contribution >= 0.6 is 11.3 Å². The highest BCUT2D eigenvalue weighted by molar-refractivity contribution is 7.16. The normalized spacial score (nSPS) is 15.1. The van der Waals surface area contributed by atoms with Gasteiger partial charge >= 0.3 is 6.18 Å². The Morgan fingerprint density at radius 1 is 1.00 bits per heavy atom. The molecule has 3 rings (SSSR count). The summed E-state index contributed by atoms with van der Waals surface area (Å²) in [5.74, 6) is -3.31. The van der Waals surface area contributed by atoms with E-state index in [2.05, 4.69) is 0 Å². The molecule has 2 aromatic rings. The van der Waals surface area contributed by atoms with E-state index in [0.717, 1.165) is 17.7 Å². The largest absolute Gasteiger partial charge is 0.455 e. The zero-order valence-electron chi connectivity index (χ0n) is 14.3. The fourth-order valence-electron chi connectivity index (χ4n) is 2.73. The minimum atomic E-state index is -5.01. The molecule has 148 valence electrons. The first-order chi connectivity index (χ1) is 13.1. The number of carbonyl (C=O) groups is 3. The van der Waals surface area contributed by atoms with E-state index in [0.29, 0.717) is 11.3 Å². The van der Waals surface area contributed by atoms with Crippen molar-refractivity contribution in [2.45, 2.75) is 12.7 Å². The molecule has 0 atom stereocenters. The van der Waals surface area contributed by atoms with Gasteiger partial charge in [0, 0.05) is 19.6 Å². The van der Waals surface area contributed by atoms with Crippen LogP contribution in [0.1, 0.15) is 24.9 Å². The van der Waals surface area contributed by atoms with Crippen LogP contribution in [-0.4, -0.2) is 53.2 Å². The Bertz CT molecular complexity index is 908.